The topological polar surface area (TPSA) is 71.5 Å². The Morgan fingerprint density at radius 1 is 1.35 bits per heavy atom. The number of imidazole rings is 1. The van der Waals surface area contributed by atoms with Gasteiger partial charge in [0.25, 0.3) is 0 Å². The predicted octanol–water partition coefficient (Wildman–Crippen LogP) is 3.91. The maximum atomic E-state index is 12.2. The fraction of sp³-hybridized carbons (Fsp3) is 0.0909. The molecule has 0 spiro atoms. The number of hydrogen-bond donors (Lipinski definition) is 1. The molecule has 9 heteroatoms. The molecule has 1 N–H and O–H groups in total. The highest BCUT2D eigenvalue weighted by atomic mass is 79.9. The number of hydrogen-bond acceptors (Lipinski definition) is 6. The molecule has 20 heavy (non-hydrogen) atoms. The van der Waals surface area contributed by atoms with E-state index in [0.717, 1.165) is 18.1 Å². The van der Waals surface area contributed by atoms with E-state index in [2.05, 4.69) is 51.8 Å². The van der Waals surface area contributed by atoms with Crippen LogP contribution in [-0.2, 0) is 0 Å². The van der Waals surface area contributed by atoms with Gasteiger partial charge in [0.15, 0.2) is 11.4 Å². The SMILES string of the molecule is O=C(CSc1ncnc2nc[nH]c12)c1cc(Br)sc1Br. The maximum absolute atomic E-state index is 12.2. The molecule has 0 aliphatic carbocycles. The largest absolute Gasteiger partial charge is 0.341 e. The van der Waals surface area contributed by atoms with Gasteiger partial charge in [-0.25, -0.2) is 15.0 Å². The molecule has 0 atom stereocenters. The second-order valence-electron chi connectivity index (χ2n) is 3.73. The zero-order chi connectivity index (χ0) is 14.1. The van der Waals surface area contributed by atoms with E-state index in [1.807, 2.05) is 6.07 Å². The van der Waals surface area contributed by atoms with E-state index in [-0.39, 0.29) is 5.78 Å². The van der Waals surface area contributed by atoms with Gasteiger partial charge in [0.2, 0.25) is 0 Å². The number of H-pyrrole nitrogens is 1. The molecule has 0 aliphatic rings. The van der Waals surface area contributed by atoms with Crippen molar-refractivity contribution in [2.45, 2.75) is 5.03 Å². The van der Waals surface area contributed by atoms with Gasteiger partial charge in [-0.15, -0.1) is 11.3 Å². The number of ketones is 1. The van der Waals surface area contributed by atoms with Crippen LogP contribution in [0.1, 0.15) is 10.4 Å². The van der Waals surface area contributed by atoms with Crippen LogP contribution in [0.2, 0.25) is 0 Å². The minimum absolute atomic E-state index is 0.0510. The van der Waals surface area contributed by atoms with E-state index in [9.17, 15) is 4.79 Å². The summed E-state index contributed by atoms with van der Waals surface area (Å²) in [6, 6.07) is 1.82. The van der Waals surface area contributed by atoms with Crippen molar-refractivity contribution in [3.05, 3.63) is 31.9 Å². The molecule has 0 radical (unpaired) electrons. The first kappa shape index (κ1) is 14.2. The first-order valence-corrected chi connectivity index (χ1v) is 8.79. The van der Waals surface area contributed by atoms with Gasteiger partial charge in [-0.1, -0.05) is 11.8 Å². The molecule has 3 heterocycles. The molecule has 102 valence electrons. The Labute approximate surface area is 138 Å². The number of halogens is 2. The standard InChI is InChI=1S/C11H6Br2N4OS2/c12-7-1-5(9(13)20-7)6(18)2-19-11-8-10(15-3-14-8)16-4-17-11/h1,3-4H,2H2,(H,14,15,16,17). The van der Waals surface area contributed by atoms with E-state index >= 15 is 0 Å². The minimum Gasteiger partial charge on any atom is -0.341 e. The van der Waals surface area contributed by atoms with Crippen LogP contribution in [-0.4, -0.2) is 31.5 Å². The van der Waals surface area contributed by atoms with Crippen LogP contribution < -0.4 is 0 Å². The summed E-state index contributed by atoms with van der Waals surface area (Å²) in [4.78, 5) is 27.5. The molecular formula is C11H6Br2N4OS2. The number of rotatable bonds is 4. The van der Waals surface area contributed by atoms with E-state index in [4.69, 9.17) is 0 Å². The Kier molecular flexibility index (Phi) is 4.20. The van der Waals surface area contributed by atoms with Crippen molar-refractivity contribution in [2.75, 3.05) is 5.75 Å². The average Bonchev–Trinajstić information content (AvgIpc) is 3.02. The summed E-state index contributed by atoms with van der Waals surface area (Å²) < 4.78 is 1.76. The molecule has 5 nitrogen and oxygen atoms in total. The Hall–Kier alpha value is -0.770. The molecule has 3 rings (SSSR count). The van der Waals surface area contributed by atoms with E-state index in [0.29, 0.717) is 17.0 Å². The zero-order valence-electron chi connectivity index (χ0n) is 9.76. The second-order valence-corrected chi connectivity index (χ2v) is 8.44. The van der Waals surface area contributed by atoms with Gasteiger partial charge < -0.3 is 4.98 Å². The summed E-state index contributed by atoms with van der Waals surface area (Å²) in [6.07, 6.45) is 3.02. The quantitative estimate of drug-likeness (QED) is 0.383. The number of nitrogens with one attached hydrogen (secondary N) is 1. The number of fused-ring (bicyclic) bond motifs is 1. The number of thiophene rings is 1. The number of carbonyl (C=O) groups is 1. The number of carbonyl (C=O) groups excluding carboxylic acids is 1. The van der Waals surface area contributed by atoms with Gasteiger partial charge in [-0.2, -0.15) is 0 Å². The third kappa shape index (κ3) is 2.80. The fourth-order valence-electron chi connectivity index (χ4n) is 1.59. The third-order valence-corrected chi connectivity index (χ3v) is 5.81. The smallest absolute Gasteiger partial charge is 0.181 e. The van der Waals surface area contributed by atoms with Crippen LogP contribution in [0.4, 0.5) is 0 Å². The van der Waals surface area contributed by atoms with Gasteiger partial charge >= 0.3 is 0 Å². The van der Waals surface area contributed by atoms with Crippen LogP contribution in [0.25, 0.3) is 11.2 Å². The van der Waals surface area contributed by atoms with Gasteiger partial charge in [0.05, 0.1) is 19.7 Å². The summed E-state index contributed by atoms with van der Waals surface area (Å²) >= 11 is 9.62. The van der Waals surface area contributed by atoms with E-state index in [1.54, 1.807) is 6.33 Å². The molecule has 3 aromatic rings. The first-order chi connectivity index (χ1) is 9.65. The van der Waals surface area contributed by atoms with Crippen molar-refractivity contribution in [3.63, 3.8) is 0 Å². The fourth-order valence-corrected chi connectivity index (χ4v) is 5.29. The Balaban J connectivity index is 1.78. The molecular weight excluding hydrogens is 428 g/mol. The molecule has 0 bridgehead atoms. The van der Waals surface area contributed by atoms with Gasteiger partial charge in [-0.05, 0) is 37.9 Å². The average molecular weight is 434 g/mol. The molecule has 0 aromatic carbocycles. The lowest BCUT2D eigenvalue weighted by Crippen LogP contribution is -2.02. The molecule has 0 saturated carbocycles. The van der Waals surface area contributed by atoms with Crippen LogP contribution in [0.15, 0.2) is 31.3 Å². The highest BCUT2D eigenvalue weighted by Crippen LogP contribution is 2.33. The van der Waals surface area contributed by atoms with Crippen molar-refractivity contribution in [1.82, 2.24) is 19.9 Å². The Bertz CT molecular complexity index is 786. The third-order valence-electron chi connectivity index (χ3n) is 2.49. The monoisotopic (exact) mass is 432 g/mol. The Morgan fingerprint density at radius 2 is 2.20 bits per heavy atom. The highest BCUT2D eigenvalue weighted by molar-refractivity contribution is 9.12. The van der Waals surface area contributed by atoms with Gasteiger partial charge in [-0.3, -0.25) is 4.79 Å². The maximum Gasteiger partial charge on any atom is 0.181 e. The van der Waals surface area contributed by atoms with Crippen LogP contribution in [0.3, 0.4) is 0 Å². The highest BCUT2D eigenvalue weighted by Gasteiger charge is 2.15. The predicted molar refractivity (Wildman–Crippen MR) is 86.5 cm³/mol. The van der Waals surface area contributed by atoms with Crippen LogP contribution in [0, 0.1) is 0 Å². The van der Waals surface area contributed by atoms with E-state index in [1.165, 1.54) is 29.4 Å². The molecule has 0 fully saturated rings. The molecule has 0 unspecified atom stereocenters. The zero-order valence-corrected chi connectivity index (χ0v) is 14.6. The summed E-state index contributed by atoms with van der Waals surface area (Å²) in [5, 5.41) is 0.728. The first-order valence-electron chi connectivity index (χ1n) is 5.40. The van der Waals surface area contributed by atoms with Crippen molar-refractivity contribution in [3.8, 4) is 0 Å². The summed E-state index contributed by atoms with van der Waals surface area (Å²) in [5.74, 6) is 0.363. The molecule has 0 aliphatic heterocycles. The number of aromatic amines is 1. The second kappa shape index (κ2) is 5.92. The van der Waals surface area contributed by atoms with Crippen molar-refractivity contribution < 1.29 is 4.79 Å². The van der Waals surface area contributed by atoms with Gasteiger partial charge in [0, 0.05) is 5.56 Å². The number of nitrogens with zero attached hydrogens (tertiary/aromatic N) is 3. The normalized spacial score (nSPS) is 11.1. The number of aromatic nitrogens is 4. The molecule has 0 saturated heterocycles. The lowest BCUT2D eigenvalue weighted by molar-refractivity contribution is 0.102. The van der Waals surface area contributed by atoms with E-state index < -0.39 is 0 Å². The van der Waals surface area contributed by atoms with Crippen molar-refractivity contribution >= 4 is 71.9 Å². The minimum atomic E-state index is 0.0510. The Morgan fingerprint density at radius 3 is 2.95 bits per heavy atom. The lowest BCUT2D eigenvalue weighted by Gasteiger charge is -2.00. The summed E-state index contributed by atoms with van der Waals surface area (Å²) in [7, 11) is 0. The van der Waals surface area contributed by atoms with Crippen LogP contribution >= 0.6 is 55.0 Å². The molecule has 0 amide bonds. The summed E-state index contributed by atoms with van der Waals surface area (Å²) in [6.45, 7) is 0. The lowest BCUT2D eigenvalue weighted by atomic mass is 10.2. The van der Waals surface area contributed by atoms with Crippen molar-refractivity contribution in [2.24, 2.45) is 0 Å². The number of thioether (sulfide) groups is 1. The number of Topliss-reactive ketones (excluding diaryl/α,β-unsaturated/α-hetero) is 1. The van der Waals surface area contributed by atoms with Gasteiger partial charge in [0.1, 0.15) is 16.9 Å². The molecule has 3 aromatic heterocycles. The van der Waals surface area contributed by atoms with Crippen molar-refractivity contribution in [1.29, 1.82) is 0 Å². The van der Waals surface area contributed by atoms with Crippen LogP contribution in [0.5, 0.6) is 0 Å². The summed E-state index contributed by atoms with van der Waals surface area (Å²) in [5.41, 5.74) is 2.05.